The van der Waals surface area contributed by atoms with Crippen molar-refractivity contribution in [3.63, 3.8) is 0 Å². The van der Waals surface area contributed by atoms with Crippen LogP contribution in [0.25, 0.3) is 0 Å². The molecule has 0 amide bonds. The fraction of sp³-hybridized carbons (Fsp3) is 0.286. The first kappa shape index (κ1) is 8.93. The minimum Gasteiger partial charge on any atom is -0.493 e. The van der Waals surface area contributed by atoms with Gasteiger partial charge in [-0.3, -0.25) is 4.79 Å². The van der Waals surface area contributed by atoms with Gasteiger partial charge in [0.2, 0.25) is 0 Å². The van der Waals surface area contributed by atoms with Gasteiger partial charge in [0.05, 0.1) is 13.3 Å². The molecule has 0 N–H and O–H groups in total. The second-order valence-corrected chi connectivity index (χ2v) is 2.45. The van der Waals surface area contributed by atoms with Gasteiger partial charge in [-0.25, -0.2) is 9.97 Å². The van der Waals surface area contributed by atoms with Gasteiger partial charge < -0.3 is 4.74 Å². The third-order valence-electron chi connectivity index (χ3n) is 1.28. The second-order valence-electron chi connectivity index (χ2n) is 2.11. The van der Waals surface area contributed by atoms with Crippen LogP contribution in [0.1, 0.15) is 16.3 Å². The van der Waals surface area contributed by atoms with E-state index >= 15 is 0 Å². The first-order valence-corrected chi connectivity index (χ1v) is 3.60. The van der Waals surface area contributed by atoms with Crippen molar-refractivity contribution in [1.82, 2.24) is 9.97 Å². The summed E-state index contributed by atoms with van der Waals surface area (Å²) in [4.78, 5) is 18.4. The number of rotatable bonds is 2. The molecule has 5 heteroatoms. The van der Waals surface area contributed by atoms with Crippen molar-refractivity contribution in [2.24, 2.45) is 0 Å². The Labute approximate surface area is 74.5 Å². The number of hydrogen-bond acceptors (Lipinski definition) is 4. The van der Waals surface area contributed by atoms with E-state index in [2.05, 4.69) is 9.97 Å². The average Bonchev–Trinajstić information content (AvgIpc) is 2.04. The highest BCUT2D eigenvalue weighted by atomic mass is 35.5. The van der Waals surface area contributed by atoms with Crippen LogP contribution in [-0.4, -0.2) is 22.3 Å². The smallest absolute Gasteiger partial charge is 0.274 e. The molecule has 0 radical (unpaired) electrons. The van der Waals surface area contributed by atoms with E-state index in [4.69, 9.17) is 16.3 Å². The van der Waals surface area contributed by atoms with Crippen LogP contribution < -0.4 is 4.74 Å². The van der Waals surface area contributed by atoms with Gasteiger partial charge in [-0.15, -0.1) is 0 Å². The molecule has 1 rings (SSSR count). The minimum atomic E-state index is -0.641. The van der Waals surface area contributed by atoms with Crippen LogP contribution in [0, 0.1) is 6.92 Å². The number of carbonyl (C=O) groups is 1. The first-order chi connectivity index (χ1) is 5.65. The van der Waals surface area contributed by atoms with Gasteiger partial charge in [-0.05, 0) is 18.5 Å². The first-order valence-electron chi connectivity index (χ1n) is 3.22. The van der Waals surface area contributed by atoms with E-state index in [0.717, 1.165) is 0 Å². The van der Waals surface area contributed by atoms with Crippen LogP contribution in [0.3, 0.4) is 0 Å². The van der Waals surface area contributed by atoms with Crippen LogP contribution in [0.5, 0.6) is 5.75 Å². The molecule has 0 fully saturated rings. The number of carbonyl (C=O) groups excluding carboxylic acids is 1. The maximum atomic E-state index is 10.8. The van der Waals surface area contributed by atoms with Crippen molar-refractivity contribution in [3.8, 4) is 5.75 Å². The zero-order chi connectivity index (χ0) is 9.14. The number of hydrogen-bond donors (Lipinski definition) is 0. The monoisotopic (exact) mass is 186 g/mol. The van der Waals surface area contributed by atoms with Gasteiger partial charge in [-0.1, -0.05) is 0 Å². The van der Waals surface area contributed by atoms with Gasteiger partial charge in [0.15, 0.2) is 11.4 Å². The lowest BCUT2D eigenvalue weighted by atomic mass is 10.4. The lowest BCUT2D eigenvalue weighted by Crippen LogP contribution is -2.02. The number of nitrogens with zero attached hydrogens (tertiary/aromatic N) is 2. The van der Waals surface area contributed by atoms with E-state index in [1.165, 1.54) is 13.3 Å². The Bertz CT molecular complexity index is 314. The standard InChI is InChI=1S/C7H7ClN2O2/c1-4-9-3-5(12-2)6(10-4)7(8)11/h3H,1-2H3. The van der Waals surface area contributed by atoms with Crippen molar-refractivity contribution < 1.29 is 9.53 Å². The number of ether oxygens (including phenoxy) is 1. The molecule has 0 unspecified atom stereocenters. The molecule has 0 bridgehead atoms. The molecule has 1 aromatic heterocycles. The summed E-state index contributed by atoms with van der Waals surface area (Å²) in [5.74, 6) is 0.778. The maximum absolute atomic E-state index is 10.8. The van der Waals surface area contributed by atoms with Crippen molar-refractivity contribution in [1.29, 1.82) is 0 Å². The van der Waals surface area contributed by atoms with E-state index in [9.17, 15) is 4.79 Å². The zero-order valence-electron chi connectivity index (χ0n) is 6.67. The van der Waals surface area contributed by atoms with Crippen molar-refractivity contribution in [2.75, 3.05) is 7.11 Å². The number of aromatic nitrogens is 2. The largest absolute Gasteiger partial charge is 0.493 e. The number of aryl methyl sites for hydroxylation is 1. The topological polar surface area (TPSA) is 52.1 Å². The lowest BCUT2D eigenvalue weighted by Gasteiger charge is -2.02. The van der Waals surface area contributed by atoms with E-state index in [1.807, 2.05) is 0 Å². The normalized spacial score (nSPS) is 9.58. The Hall–Kier alpha value is -1.16. The predicted octanol–water partition coefficient (Wildman–Crippen LogP) is 1.17. The summed E-state index contributed by atoms with van der Waals surface area (Å²) in [7, 11) is 1.43. The van der Waals surface area contributed by atoms with Crippen molar-refractivity contribution >= 4 is 16.8 Å². The van der Waals surface area contributed by atoms with Crippen LogP contribution >= 0.6 is 11.6 Å². The van der Waals surface area contributed by atoms with Gasteiger partial charge in [0.25, 0.3) is 5.24 Å². The Kier molecular flexibility index (Phi) is 2.60. The molecule has 1 aromatic rings. The molecular formula is C7H7ClN2O2. The molecule has 64 valence electrons. The lowest BCUT2D eigenvalue weighted by molar-refractivity contribution is 0.107. The summed E-state index contributed by atoms with van der Waals surface area (Å²) in [6, 6.07) is 0. The zero-order valence-corrected chi connectivity index (χ0v) is 7.42. The predicted molar refractivity (Wildman–Crippen MR) is 43.5 cm³/mol. The third-order valence-corrected chi connectivity index (χ3v) is 1.46. The van der Waals surface area contributed by atoms with E-state index < -0.39 is 5.24 Å². The fourth-order valence-corrected chi connectivity index (χ4v) is 0.885. The third kappa shape index (κ3) is 1.71. The second kappa shape index (κ2) is 3.49. The summed E-state index contributed by atoms with van der Waals surface area (Å²) in [6.45, 7) is 1.67. The van der Waals surface area contributed by atoms with Crippen LogP contribution in [-0.2, 0) is 0 Å². The maximum Gasteiger partial charge on any atom is 0.274 e. The molecule has 12 heavy (non-hydrogen) atoms. The van der Waals surface area contributed by atoms with E-state index in [-0.39, 0.29) is 5.69 Å². The fourth-order valence-electron chi connectivity index (χ4n) is 0.749. The van der Waals surface area contributed by atoms with Crippen LogP contribution in [0.4, 0.5) is 0 Å². The molecule has 0 saturated carbocycles. The molecule has 0 aliphatic carbocycles. The molecule has 0 spiro atoms. The van der Waals surface area contributed by atoms with Crippen molar-refractivity contribution in [3.05, 3.63) is 17.7 Å². The van der Waals surface area contributed by atoms with Gasteiger partial charge in [0, 0.05) is 0 Å². The van der Waals surface area contributed by atoms with E-state index in [1.54, 1.807) is 6.92 Å². The Morgan fingerprint density at radius 1 is 1.67 bits per heavy atom. The summed E-state index contributed by atoms with van der Waals surface area (Å²) < 4.78 is 4.83. The summed E-state index contributed by atoms with van der Waals surface area (Å²) in [5, 5.41) is -0.641. The highest BCUT2D eigenvalue weighted by Crippen LogP contribution is 2.15. The highest BCUT2D eigenvalue weighted by molar-refractivity contribution is 6.67. The Morgan fingerprint density at radius 3 is 2.83 bits per heavy atom. The Balaban J connectivity index is 3.21. The summed E-state index contributed by atoms with van der Waals surface area (Å²) in [6.07, 6.45) is 1.41. The summed E-state index contributed by atoms with van der Waals surface area (Å²) >= 11 is 5.25. The molecule has 4 nitrogen and oxygen atoms in total. The molecule has 0 aromatic carbocycles. The van der Waals surface area contributed by atoms with Gasteiger partial charge in [0.1, 0.15) is 5.82 Å². The molecule has 1 heterocycles. The highest BCUT2D eigenvalue weighted by Gasteiger charge is 2.11. The van der Waals surface area contributed by atoms with Crippen molar-refractivity contribution in [2.45, 2.75) is 6.92 Å². The van der Waals surface area contributed by atoms with Crippen LogP contribution in [0.15, 0.2) is 6.20 Å². The molecule has 0 aliphatic rings. The minimum absolute atomic E-state index is 0.103. The molecule has 0 saturated heterocycles. The Morgan fingerprint density at radius 2 is 2.33 bits per heavy atom. The number of methoxy groups -OCH3 is 1. The average molecular weight is 187 g/mol. The van der Waals surface area contributed by atoms with Gasteiger partial charge >= 0.3 is 0 Å². The molecule has 0 atom stereocenters. The number of halogens is 1. The quantitative estimate of drug-likeness (QED) is 0.651. The molecular weight excluding hydrogens is 180 g/mol. The molecule has 0 aliphatic heterocycles. The van der Waals surface area contributed by atoms with E-state index in [0.29, 0.717) is 11.6 Å². The van der Waals surface area contributed by atoms with Gasteiger partial charge in [-0.2, -0.15) is 0 Å². The summed E-state index contributed by atoms with van der Waals surface area (Å²) in [5.41, 5.74) is 0.103. The van der Waals surface area contributed by atoms with Crippen LogP contribution in [0.2, 0.25) is 0 Å². The SMILES string of the molecule is COc1cnc(C)nc1C(=O)Cl.